The van der Waals surface area contributed by atoms with Crippen molar-refractivity contribution in [2.24, 2.45) is 0 Å². The lowest BCUT2D eigenvalue weighted by Crippen LogP contribution is -2.02. The number of aryl methyl sites for hydroxylation is 1. The highest BCUT2D eigenvalue weighted by Crippen LogP contribution is 2.29. The van der Waals surface area contributed by atoms with Gasteiger partial charge in [-0.15, -0.1) is 0 Å². The molecule has 0 atom stereocenters. The Kier molecular flexibility index (Phi) is 4.61. The van der Waals surface area contributed by atoms with Gasteiger partial charge in [-0.2, -0.15) is 0 Å². The Morgan fingerprint density at radius 2 is 2.00 bits per heavy atom. The Morgan fingerprint density at radius 1 is 1.21 bits per heavy atom. The molecule has 0 spiro atoms. The number of hydrogen-bond acceptors (Lipinski definition) is 3. The van der Waals surface area contributed by atoms with Crippen molar-refractivity contribution >= 4 is 34.7 Å². The van der Waals surface area contributed by atoms with Gasteiger partial charge in [0.15, 0.2) is 0 Å². The topological polar surface area (TPSA) is 37.8 Å². The molecule has 0 unspecified atom stereocenters. The predicted octanol–water partition coefficient (Wildman–Crippen LogP) is 4.79. The van der Waals surface area contributed by atoms with E-state index in [0.29, 0.717) is 16.0 Å². The van der Waals surface area contributed by atoms with E-state index in [1.807, 2.05) is 25.1 Å². The van der Waals surface area contributed by atoms with Gasteiger partial charge in [0.1, 0.15) is 17.3 Å². The summed E-state index contributed by atoms with van der Waals surface area (Å²) in [6.45, 7) is 4.11. The van der Waals surface area contributed by atoms with Crippen LogP contribution in [0.4, 0.5) is 11.5 Å². The summed E-state index contributed by atoms with van der Waals surface area (Å²) in [5.74, 6) is 0.717. The zero-order valence-corrected chi connectivity index (χ0v) is 12.4. The Morgan fingerprint density at radius 3 is 2.74 bits per heavy atom. The average molecular weight is 296 g/mol. The number of aromatic nitrogens is 2. The third-order valence-electron chi connectivity index (χ3n) is 2.77. The second-order valence-corrected chi connectivity index (χ2v) is 5.12. The van der Waals surface area contributed by atoms with Crippen molar-refractivity contribution < 1.29 is 0 Å². The number of rotatable bonds is 4. The highest BCUT2D eigenvalue weighted by Gasteiger charge is 2.10. The normalized spacial score (nSPS) is 10.5. The molecule has 1 aromatic heterocycles. The van der Waals surface area contributed by atoms with Crippen LogP contribution in [0.15, 0.2) is 24.5 Å². The Bertz CT molecular complexity index is 585. The summed E-state index contributed by atoms with van der Waals surface area (Å²) < 4.78 is 0. The van der Waals surface area contributed by atoms with Gasteiger partial charge < -0.3 is 5.32 Å². The van der Waals surface area contributed by atoms with Crippen molar-refractivity contribution in [1.82, 2.24) is 9.97 Å². The van der Waals surface area contributed by atoms with Crippen LogP contribution in [0.5, 0.6) is 0 Å². The van der Waals surface area contributed by atoms with E-state index in [4.69, 9.17) is 23.2 Å². The standard InChI is InChI=1S/C14H15Cl2N3/c1-3-4-10-13(16)17-8-18-14(10)19-12-7-9(2)5-6-11(12)15/h5-8H,3-4H2,1-2H3,(H,17,18,19). The molecule has 1 N–H and O–H groups in total. The van der Waals surface area contributed by atoms with E-state index in [1.165, 1.54) is 6.33 Å². The highest BCUT2D eigenvalue weighted by atomic mass is 35.5. The summed E-state index contributed by atoms with van der Waals surface area (Å²) in [6.07, 6.45) is 3.25. The Labute approximate surface area is 123 Å². The maximum absolute atomic E-state index is 6.18. The molecule has 0 aliphatic heterocycles. The summed E-state index contributed by atoms with van der Waals surface area (Å²) in [5.41, 5.74) is 2.88. The molecule has 2 aromatic rings. The Hall–Kier alpha value is -1.32. The second kappa shape index (κ2) is 6.22. The molecule has 0 aliphatic carbocycles. The fourth-order valence-corrected chi connectivity index (χ4v) is 2.22. The summed E-state index contributed by atoms with van der Waals surface area (Å²) in [7, 11) is 0. The number of nitrogens with one attached hydrogen (secondary N) is 1. The van der Waals surface area contributed by atoms with Crippen LogP contribution in [0.3, 0.4) is 0 Å². The average Bonchev–Trinajstić information content (AvgIpc) is 2.38. The van der Waals surface area contributed by atoms with Crippen molar-refractivity contribution in [3.05, 3.63) is 45.8 Å². The fourth-order valence-electron chi connectivity index (χ4n) is 1.83. The molecule has 0 aliphatic rings. The van der Waals surface area contributed by atoms with Crippen LogP contribution in [0.25, 0.3) is 0 Å². The van der Waals surface area contributed by atoms with Gasteiger partial charge in [-0.05, 0) is 31.0 Å². The van der Waals surface area contributed by atoms with E-state index in [-0.39, 0.29) is 0 Å². The minimum absolute atomic E-state index is 0.489. The van der Waals surface area contributed by atoms with E-state index < -0.39 is 0 Å². The first-order chi connectivity index (χ1) is 9.11. The zero-order valence-electron chi connectivity index (χ0n) is 10.9. The largest absolute Gasteiger partial charge is 0.339 e. The lowest BCUT2D eigenvalue weighted by molar-refractivity contribution is 0.904. The highest BCUT2D eigenvalue weighted by molar-refractivity contribution is 6.33. The first kappa shape index (κ1) is 14.1. The maximum atomic E-state index is 6.18. The minimum Gasteiger partial charge on any atom is -0.339 e. The maximum Gasteiger partial charge on any atom is 0.138 e. The van der Waals surface area contributed by atoms with Gasteiger partial charge in [0, 0.05) is 5.56 Å². The smallest absolute Gasteiger partial charge is 0.138 e. The third kappa shape index (κ3) is 3.37. The zero-order chi connectivity index (χ0) is 13.8. The molecular formula is C14H15Cl2N3. The van der Waals surface area contributed by atoms with E-state index in [2.05, 4.69) is 22.2 Å². The molecule has 0 saturated heterocycles. The van der Waals surface area contributed by atoms with Gasteiger partial charge in [0.2, 0.25) is 0 Å². The van der Waals surface area contributed by atoms with Crippen LogP contribution in [0, 0.1) is 6.92 Å². The molecule has 1 aromatic carbocycles. The van der Waals surface area contributed by atoms with Crippen LogP contribution in [0.2, 0.25) is 10.2 Å². The summed E-state index contributed by atoms with van der Waals surface area (Å²) >= 11 is 12.3. The van der Waals surface area contributed by atoms with Gasteiger partial charge in [0.05, 0.1) is 10.7 Å². The molecule has 1 heterocycles. The van der Waals surface area contributed by atoms with Gasteiger partial charge in [-0.1, -0.05) is 42.6 Å². The molecule has 100 valence electrons. The molecular weight excluding hydrogens is 281 g/mol. The van der Waals surface area contributed by atoms with Crippen molar-refractivity contribution in [2.45, 2.75) is 26.7 Å². The quantitative estimate of drug-likeness (QED) is 0.824. The van der Waals surface area contributed by atoms with E-state index in [0.717, 1.165) is 29.7 Å². The lowest BCUT2D eigenvalue weighted by atomic mass is 10.1. The number of nitrogens with zero attached hydrogens (tertiary/aromatic N) is 2. The number of hydrogen-bond donors (Lipinski definition) is 1. The molecule has 5 heteroatoms. The fraction of sp³-hybridized carbons (Fsp3) is 0.286. The van der Waals surface area contributed by atoms with E-state index in [9.17, 15) is 0 Å². The first-order valence-corrected chi connectivity index (χ1v) is 6.90. The van der Waals surface area contributed by atoms with Gasteiger partial charge >= 0.3 is 0 Å². The van der Waals surface area contributed by atoms with Crippen LogP contribution in [-0.2, 0) is 6.42 Å². The molecule has 0 saturated carbocycles. The molecule has 19 heavy (non-hydrogen) atoms. The van der Waals surface area contributed by atoms with E-state index >= 15 is 0 Å². The number of halogens is 2. The molecule has 0 fully saturated rings. The lowest BCUT2D eigenvalue weighted by Gasteiger charge is -2.12. The summed E-state index contributed by atoms with van der Waals surface area (Å²) in [4.78, 5) is 8.28. The monoisotopic (exact) mass is 295 g/mol. The van der Waals surface area contributed by atoms with Crippen molar-refractivity contribution in [1.29, 1.82) is 0 Å². The van der Waals surface area contributed by atoms with Crippen LogP contribution >= 0.6 is 23.2 Å². The van der Waals surface area contributed by atoms with Crippen molar-refractivity contribution in [2.75, 3.05) is 5.32 Å². The third-order valence-corrected chi connectivity index (χ3v) is 3.42. The van der Waals surface area contributed by atoms with Crippen molar-refractivity contribution in [3.63, 3.8) is 0 Å². The minimum atomic E-state index is 0.489. The molecule has 0 radical (unpaired) electrons. The first-order valence-electron chi connectivity index (χ1n) is 6.14. The predicted molar refractivity (Wildman–Crippen MR) is 80.5 cm³/mol. The second-order valence-electron chi connectivity index (χ2n) is 4.35. The van der Waals surface area contributed by atoms with Gasteiger partial charge in [-0.25, -0.2) is 9.97 Å². The van der Waals surface area contributed by atoms with Crippen molar-refractivity contribution in [3.8, 4) is 0 Å². The van der Waals surface area contributed by atoms with Crippen LogP contribution in [0.1, 0.15) is 24.5 Å². The summed E-state index contributed by atoms with van der Waals surface area (Å²) in [5, 5.41) is 4.38. The molecule has 3 nitrogen and oxygen atoms in total. The van der Waals surface area contributed by atoms with Gasteiger partial charge in [0.25, 0.3) is 0 Å². The molecule has 2 rings (SSSR count). The number of anilines is 2. The Balaban J connectivity index is 2.37. The molecule has 0 bridgehead atoms. The van der Waals surface area contributed by atoms with Gasteiger partial charge in [-0.3, -0.25) is 0 Å². The SMILES string of the molecule is CCCc1c(Cl)ncnc1Nc1cc(C)ccc1Cl. The molecule has 0 amide bonds. The summed E-state index contributed by atoms with van der Waals surface area (Å²) in [6, 6.07) is 5.81. The van der Waals surface area contributed by atoms with Crippen LogP contribution < -0.4 is 5.32 Å². The van der Waals surface area contributed by atoms with E-state index in [1.54, 1.807) is 0 Å². The number of benzene rings is 1. The van der Waals surface area contributed by atoms with Crippen LogP contribution in [-0.4, -0.2) is 9.97 Å².